The average molecular weight is 381 g/mol. The normalized spacial score (nSPS) is 20.0. The lowest BCUT2D eigenvalue weighted by atomic mass is 10.1. The Balaban J connectivity index is 2.08. The van der Waals surface area contributed by atoms with Crippen LogP contribution in [0.25, 0.3) is 0 Å². The van der Waals surface area contributed by atoms with Crippen LogP contribution in [-0.2, 0) is 4.79 Å². The Morgan fingerprint density at radius 2 is 1.82 bits per heavy atom. The van der Waals surface area contributed by atoms with Gasteiger partial charge < -0.3 is 5.73 Å². The summed E-state index contributed by atoms with van der Waals surface area (Å²) in [5.74, 6) is -0.579. The molecule has 0 aromatic carbocycles. The van der Waals surface area contributed by atoms with E-state index in [2.05, 4.69) is 20.9 Å². The lowest BCUT2D eigenvalue weighted by molar-refractivity contribution is -0.125. The predicted octanol–water partition coefficient (Wildman–Crippen LogP) is 1.55. The second-order valence-electron chi connectivity index (χ2n) is 4.98. The zero-order valence-electron chi connectivity index (χ0n) is 11.6. The largest absolute Gasteiger partial charge is 0.368 e. The van der Waals surface area contributed by atoms with Gasteiger partial charge in [0.1, 0.15) is 6.04 Å². The quantitative estimate of drug-likeness (QED) is 0.787. The zero-order chi connectivity index (χ0) is 16.3. The van der Waals surface area contributed by atoms with Crippen LogP contribution in [0.15, 0.2) is 22.8 Å². The topological polar surface area (TPSA) is 62.5 Å². The highest BCUT2D eigenvalue weighted by Gasteiger charge is 2.34. The van der Waals surface area contributed by atoms with E-state index in [1.807, 2.05) is 0 Å². The van der Waals surface area contributed by atoms with Crippen molar-refractivity contribution in [3.05, 3.63) is 28.5 Å². The second-order valence-corrected chi connectivity index (χ2v) is 5.90. The van der Waals surface area contributed by atoms with Crippen molar-refractivity contribution in [2.75, 3.05) is 26.2 Å². The van der Waals surface area contributed by atoms with Crippen LogP contribution in [0.4, 0.5) is 13.2 Å². The molecule has 1 amide bonds. The highest BCUT2D eigenvalue weighted by Crippen LogP contribution is 2.24. The van der Waals surface area contributed by atoms with Gasteiger partial charge in [0, 0.05) is 36.8 Å². The first kappa shape index (κ1) is 17.2. The molecule has 5 nitrogen and oxygen atoms in total. The number of halogens is 4. The summed E-state index contributed by atoms with van der Waals surface area (Å²) < 4.78 is 38.8. The Kier molecular flexibility index (Phi) is 5.76. The minimum Gasteiger partial charge on any atom is -0.368 e. The smallest absolute Gasteiger partial charge is 0.282 e. The molecule has 1 aliphatic rings. The van der Waals surface area contributed by atoms with Crippen molar-refractivity contribution < 1.29 is 18.0 Å². The highest BCUT2D eigenvalue weighted by atomic mass is 79.9. The van der Waals surface area contributed by atoms with Crippen LogP contribution >= 0.6 is 15.9 Å². The van der Waals surface area contributed by atoms with E-state index >= 15 is 0 Å². The summed E-state index contributed by atoms with van der Waals surface area (Å²) in [4.78, 5) is 18.7. The van der Waals surface area contributed by atoms with Gasteiger partial charge in [0.05, 0.1) is 5.69 Å². The van der Waals surface area contributed by atoms with Crippen LogP contribution in [0.3, 0.4) is 0 Å². The Bertz CT molecular complexity index is 526. The third kappa shape index (κ3) is 3.96. The third-order valence-electron chi connectivity index (χ3n) is 3.56. The minimum atomic E-state index is -3.04. The van der Waals surface area contributed by atoms with Crippen molar-refractivity contribution in [1.82, 2.24) is 14.8 Å². The first-order valence-electron chi connectivity index (χ1n) is 6.71. The van der Waals surface area contributed by atoms with Gasteiger partial charge in [0.15, 0.2) is 0 Å². The van der Waals surface area contributed by atoms with Crippen LogP contribution < -0.4 is 5.73 Å². The summed E-state index contributed by atoms with van der Waals surface area (Å²) in [5, 5.41) is 0. The minimum absolute atomic E-state index is 0.100. The van der Waals surface area contributed by atoms with Gasteiger partial charge in [0.25, 0.3) is 6.43 Å². The number of amides is 1. The molecule has 2 unspecified atom stereocenters. The first-order chi connectivity index (χ1) is 10.4. The first-order valence-corrected chi connectivity index (χ1v) is 7.50. The van der Waals surface area contributed by atoms with Crippen LogP contribution in [0.1, 0.15) is 11.7 Å². The van der Waals surface area contributed by atoms with E-state index < -0.39 is 24.7 Å². The Morgan fingerprint density at radius 3 is 2.32 bits per heavy atom. The molecule has 1 aromatic rings. The fraction of sp³-hybridized carbons (Fsp3) is 0.538. The van der Waals surface area contributed by atoms with E-state index in [0.29, 0.717) is 5.69 Å². The van der Waals surface area contributed by atoms with Crippen molar-refractivity contribution in [3.63, 3.8) is 0 Å². The number of hydrogen-bond acceptors (Lipinski definition) is 4. The standard InChI is InChI=1S/C13H16BrF3N4O/c14-8-1-2-19-9(7-8)10(13(18)22)20-3-5-21(6-4-20)12(17)11(15)16/h1-2,7,10-12H,3-6H2,(H2,18,22). The van der Waals surface area contributed by atoms with Gasteiger partial charge in [-0.25, -0.2) is 13.2 Å². The molecule has 0 bridgehead atoms. The maximum atomic E-state index is 13.3. The van der Waals surface area contributed by atoms with E-state index in [-0.39, 0.29) is 26.2 Å². The predicted molar refractivity (Wildman–Crippen MR) is 77.9 cm³/mol. The summed E-state index contributed by atoms with van der Waals surface area (Å²) in [6, 6.07) is 2.64. The molecule has 1 aliphatic heterocycles. The van der Waals surface area contributed by atoms with Gasteiger partial charge in [-0.3, -0.25) is 19.6 Å². The molecule has 122 valence electrons. The van der Waals surface area contributed by atoms with Crippen LogP contribution in [0.5, 0.6) is 0 Å². The van der Waals surface area contributed by atoms with Gasteiger partial charge in [-0.15, -0.1) is 0 Å². The Labute approximate surface area is 134 Å². The van der Waals surface area contributed by atoms with Crippen molar-refractivity contribution in [1.29, 1.82) is 0 Å². The zero-order valence-corrected chi connectivity index (χ0v) is 13.2. The summed E-state index contributed by atoms with van der Waals surface area (Å²) >= 11 is 3.30. The molecule has 2 heterocycles. The molecule has 0 saturated carbocycles. The summed E-state index contributed by atoms with van der Waals surface area (Å²) in [6.45, 7) is 0.719. The van der Waals surface area contributed by atoms with Crippen molar-refractivity contribution in [2.24, 2.45) is 5.73 Å². The molecule has 22 heavy (non-hydrogen) atoms. The molecule has 0 spiro atoms. The van der Waals surface area contributed by atoms with E-state index in [4.69, 9.17) is 5.73 Å². The fourth-order valence-electron chi connectivity index (χ4n) is 2.49. The van der Waals surface area contributed by atoms with Gasteiger partial charge in [-0.05, 0) is 12.1 Å². The summed E-state index contributed by atoms with van der Waals surface area (Å²) in [6.07, 6.45) is -3.77. The molecular formula is C13H16BrF3N4O. The molecule has 1 saturated heterocycles. The molecule has 0 radical (unpaired) electrons. The van der Waals surface area contributed by atoms with E-state index in [1.165, 1.54) is 0 Å². The number of primary amides is 1. The number of piperazine rings is 1. The second kappa shape index (κ2) is 7.38. The highest BCUT2D eigenvalue weighted by molar-refractivity contribution is 9.10. The molecule has 2 atom stereocenters. The number of alkyl halides is 3. The molecule has 9 heteroatoms. The number of carbonyl (C=O) groups excluding carboxylic acids is 1. The number of hydrogen-bond donors (Lipinski definition) is 1. The SMILES string of the molecule is NC(=O)C(c1cc(Br)ccn1)N1CCN(C(F)C(F)F)CC1. The number of pyridine rings is 1. The van der Waals surface area contributed by atoms with Gasteiger partial charge in [0.2, 0.25) is 12.2 Å². The number of carbonyl (C=O) groups is 1. The van der Waals surface area contributed by atoms with Crippen molar-refractivity contribution in [2.45, 2.75) is 18.8 Å². The van der Waals surface area contributed by atoms with Crippen LogP contribution in [0.2, 0.25) is 0 Å². The number of rotatable bonds is 5. The van der Waals surface area contributed by atoms with Crippen molar-refractivity contribution in [3.8, 4) is 0 Å². The number of nitrogens with two attached hydrogens (primary N) is 1. The Hall–Kier alpha value is -1.19. The lowest BCUT2D eigenvalue weighted by Crippen LogP contribution is -2.53. The maximum absolute atomic E-state index is 13.3. The Morgan fingerprint density at radius 1 is 1.23 bits per heavy atom. The molecule has 1 aromatic heterocycles. The molecule has 2 N–H and O–H groups in total. The van der Waals surface area contributed by atoms with Crippen molar-refractivity contribution >= 4 is 21.8 Å². The number of nitrogens with zero attached hydrogens (tertiary/aromatic N) is 3. The van der Waals surface area contributed by atoms with Gasteiger partial charge >= 0.3 is 0 Å². The molecular weight excluding hydrogens is 365 g/mol. The molecule has 2 rings (SSSR count). The fourth-order valence-corrected chi connectivity index (χ4v) is 2.84. The third-order valence-corrected chi connectivity index (χ3v) is 4.06. The molecule has 0 aliphatic carbocycles. The van der Waals surface area contributed by atoms with Crippen LogP contribution in [0, 0.1) is 0 Å². The van der Waals surface area contributed by atoms with Gasteiger partial charge in [-0.2, -0.15) is 0 Å². The van der Waals surface area contributed by atoms with E-state index in [1.54, 1.807) is 23.2 Å². The van der Waals surface area contributed by atoms with E-state index in [0.717, 1.165) is 9.37 Å². The number of aromatic nitrogens is 1. The van der Waals surface area contributed by atoms with Crippen LogP contribution in [-0.4, -0.2) is 59.6 Å². The summed E-state index contributed by atoms with van der Waals surface area (Å²) in [7, 11) is 0. The van der Waals surface area contributed by atoms with E-state index in [9.17, 15) is 18.0 Å². The van der Waals surface area contributed by atoms with Gasteiger partial charge in [-0.1, -0.05) is 15.9 Å². The monoisotopic (exact) mass is 380 g/mol. The lowest BCUT2D eigenvalue weighted by Gasteiger charge is -2.38. The molecule has 1 fully saturated rings. The summed E-state index contributed by atoms with van der Waals surface area (Å²) in [5.41, 5.74) is 5.92. The maximum Gasteiger partial charge on any atom is 0.282 e. The average Bonchev–Trinajstić information content (AvgIpc) is 2.47.